The van der Waals surface area contributed by atoms with Gasteiger partial charge in [0.2, 0.25) is 10.0 Å². The number of para-hydroxylation sites is 1. The highest BCUT2D eigenvalue weighted by Gasteiger charge is 2.16. The van der Waals surface area contributed by atoms with E-state index >= 15 is 0 Å². The molecule has 0 radical (unpaired) electrons. The highest BCUT2D eigenvalue weighted by atomic mass is 32.2. The van der Waals surface area contributed by atoms with Crippen LogP contribution in [0.25, 0.3) is 32.7 Å². The Balaban J connectivity index is 1.40. The van der Waals surface area contributed by atoms with E-state index in [0.29, 0.717) is 11.9 Å². The lowest BCUT2D eigenvalue weighted by atomic mass is 10.1. The van der Waals surface area contributed by atoms with Crippen LogP contribution < -0.4 is 10.9 Å². The van der Waals surface area contributed by atoms with Crippen LogP contribution in [0.5, 0.6) is 0 Å². The summed E-state index contributed by atoms with van der Waals surface area (Å²) in [6, 6.07) is 15.1. The summed E-state index contributed by atoms with van der Waals surface area (Å²) in [6.45, 7) is 1.51. The highest BCUT2D eigenvalue weighted by Crippen LogP contribution is 2.27. The molecule has 0 fully saturated rings. The lowest BCUT2D eigenvalue weighted by Gasteiger charge is -2.12. The van der Waals surface area contributed by atoms with Gasteiger partial charge in [-0.1, -0.05) is 30.3 Å². The van der Waals surface area contributed by atoms with Crippen LogP contribution in [0.1, 0.15) is 37.2 Å². The standard InChI is InChI=1S/C27H30N6O2S/c28-15-5-3-13-26-32-24-18-31-23-10-2-1-8-21(23)27(24)33(26)17-6-4-11-22-19-9-7-12-25(36(29,34)35)20(19)14-16-30-22/h1-2,7-10,12,14,16,18H,3-6,11,13,15,17,28H2,(H2,29,34,35). The van der Waals surface area contributed by atoms with E-state index in [1.807, 2.05) is 30.5 Å². The fourth-order valence-corrected chi connectivity index (χ4v) is 5.67. The lowest BCUT2D eigenvalue weighted by molar-refractivity contribution is 0.585. The summed E-state index contributed by atoms with van der Waals surface area (Å²) in [5.41, 5.74) is 9.62. The number of hydrogen-bond donors (Lipinski definition) is 2. The molecule has 0 unspecified atom stereocenters. The van der Waals surface area contributed by atoms with Crippen molar-refractivity contribution in [3.8, 4) is 0 Å². The van der Waals surface area contributed by atoms with Crippen molar-refractivity contribution in [1.82, 2.24) is 19.5 Å². The van der Waals surface area contributed by atoms with E-state index in [0.717, 1.165) is 83.9 Å². The molecule has 3 aromatic heterocycles. The molecule has 186 valence electrons. The average molecular weight is 503 g/mol. The molecule has 9 heteroatoms. The molecule has 5 rings (SSSR count). The second-order valence-electron chi connectivity index (χ2n) is 9.05. The van der Waals surface area contributed by atoms with Crippen LogP contribution in [0.2, 0.25) is 0 Å². The van der Waals surface area contributed by atoms with E-state index < -0.39 is 10.0 Å². The van der Waals surface area contributed by atoms with Crippen molar-refractivity contribution < 1.29 is 8.42 Å². The highest BCUT2D eigenvalue weighted by molar-refractivity contribution is 7.89. The van der Waals surface area contributed by atoms with Gasteiger partial charge in [-0.05, 0) is 56.8 Å². The molecular weight excluding hydrogens is 472 g/mol. The molecule has 0 saturated heterocycles. The zero-order chi connectivity index (χ0) is 25.1. The van der Waals surface area contributed by atoms with E-state index in [-0.39, 0.29) is 4.90 Å². The first-order valence-corrected chi connectivity index (χ1v) is 13.8. The Morgan fingerprint density at radius 3 is 2.44 bits per heavy atom. The second kappa shape index (κ2) is 10.3. The molecule has 0 amide bonds. The van der Waals surface area contributed by atoms with Gasteiger partial charge < -0.3 is 10.3 Å². The van der Waals surface area contributed by atoms with E-state index in [1.165, 1.54) is 6.07 Å². The van der Waals surface area contributed by atoms with Crippen molar-refractivity contribution in [2.24, 2.45) is 10.9 Å². The topological polar surface area (TPSA) is 130 Å². The van der Waals surface area contributed by atoms with Gasteiger partial charge in [0.25, 0.3) is 0 Å². The smallest absolute Gasteiger partial charge is 0.238 e. The Bertz CT molecular complexity index is 1650. The maximum Gasteiger partial charge on any atom is 0.238 e. The molecule has 36 heavy (non-hydrogen) atoms. The Morgan fingerprint density at radius 1 is 0.806 bits per heavy atom. The predicted molar refractivity (Wildman–Crippen MR) is 143 cm³/mol. The number of sulfonamides is 1. The molecule has 2 aromatic carbocycles. The number of unbranched alkanes of at least 4 members (excludes halogenated alkanes) is 2. The monoisotopic (exact) mass is 502 g/mol. The average Bonchev–Trinajstić information content (AvgIpc) is 3.23. The molecule has 0 aliphatic heterocycles. The molecule has 8 nitrogen and oxygen atoms in total. The van der Waals surface area contributed by atoms with Crippen molar-refractivity contribution in [2.45, 2.75) is 50.0 Å². The van der Waals surface area contributed by atoms with Crippen molar-refractivity contribution in [2.75, 3.05) is 6.54 Å². The van der Waals surface area contributed by atoms with Gasteiger partial charge in [0.1, 0.15) is 11.3 Å². The van der Waals surface area contributed by atoms with Crippen LogP contribution in [0.15, 0.2) is 65.8 Å². The number of fused-ring (bicyclic) bond motifs is 4. The van der Waals surface area contributed by atoms with Gasteiger partial charge in [0.15, 0.2) is 0 Å². The summed E-state index contributed by atoms with van der Waals surface area (Å²) in [5.74, 6) is 1.07. The quantitative estimate of drug-likeness (QED) is 0.277. The third-order valence-electron chi connectivity index (χ3n) is 6.61. The number of nitrogens with zero attached hydrogens (tertiary/aromatic N) is 4. The van der Waals surface area contributed by atoms with Crippen LogP contribution in [-0.4, -0.2) is 34.5 Å². The van der Waals surface area contributed by atoms with E-state index in [2.05, 4.69) is 20.6 Å². The summed E-state index contributed by atoms with van der Waals surface area (Å²) in [4.78, 5) is 14.2. The number of rotatable bonds is 10. The molecular formula is C27H30N6O2S. The molecule has 4 N–H and O–H groups in total. The summed E-state index contributed by atoms with van der Waals surface area (Å²) < 4.78 is 26.4. The third kappa shape index (κ3) is 4.82. The van der Waals surface area contributed by atoms with Crippen molar-refractivity contribution in [3.05, 3.63) is 72.4 Å². The van der Waals surface area contributed by atoms with E-state index in [1.54, 1.807) is 18.3 Å². The zero-order valence-corrected chi connectivity index (χ0v) is 20.9. The fraction of sp³-hybridized carbons (Fsp3) is 0.296. The van der Waals surface area contributed by atoms with Gasteiger partial charge in [-0.25, -0.2) is 18.5 Å². The van der Waals surface area contributed by atoms with Crippen LogP contribution in [-0.2, 0) is 29.4 Å². The molecule has 0 saturated carbocycles. The predicted octanol–water partition coefficient (Wildman–Crippen LogP) is 4.08. The SMILES string of the molecule is NCCCCc1nc2cnc3ccccc3c2n1CCCCc1nccc2c(S(N)(=O)=O)cccc12. The van der Waals surface area contributed by atoms with Crippen LogP contribution >= 0.6 is 0 Å². The van der Waals surface area contributed by atoms with Crippen molar-refractivity contribution >= 4 is 42.7 Å². The minimum absolute atomic E-state index is 0.135. The summed E-state index contributed by atoms with van der Waals surface area (Å²) >= 11 is 0. The normalized spacial score (nSPS) is 12.2. The first kappa shape index (κ1) is 24.3. The first-order valence-electron chi connectivity index (χ1n) is 12.3. The molecule has 3 heterocycles. The largest absolute Gasteiger partial charge is 0.330 e. The van der Waals surface area contributed by atoms with Gasteiger partial charge in [0.05, 0.1) is 22.1 Å². The molecule has 0 bridgehead atoms. The maximum absolute atomic E-state index is 12.0. The third-order valence-corrected chi connectivity index (χ3v) is 7.58. The van der Waals surface area contributed by atoms with E-state index in [9.17, 15) is 8.42 Å². The maximum atomic E-state index is 12.0. The number of benzene rings is 2. The van der Waals surface area contributed by atoms with E-state index in [4.69, 9.17) is 15.9 Å². The molecule has 0 spiro atoms. The number of nitrogens with two attached hydrogens (primary N) is 2. The Morgan fingerprint density at radius 2 is 1.61 bits per heavy atom. The minimum Gasteiger partial charge on any atom is -0.330 e. The number of imidazole rings is 1. The number of aryl methyl sites for hydroxylation is 3. The van der Waals surface area contributed by atoms with Gasteiger partial charge in [0, 0.05) is 41.0 Å². The number of aromatic nitrogens is 4. The summed E-state index contributed by atoms with van der Waals surface area (Å²) in [6.07, 6.45) is 8.93. The van der Waals surface area contributed by atoms with Gasteiger partial charge >= 0.3 is 0 Å². The van der Waals surface area contributed by atoms with Gasteiger partial charge in [-0.3, -0.25) is 9.97 Å². The van der Waals surface area contributed by atoms with Gasteiger partial charge in [-0.2, -0.15) is 0 Å². The summed E-state index contributed by atoms with van der Waals surface area (Å²) in [7, 11) is -3.81. The Hall–Kier alpha value is -3.40. The Kier molecular flexibility index (Phi) is 6.95. The molecule has 5 aromatic rings. The van der Waals surface area contributed by atoms with Gasteiger partial charge in [-0.15, -0.1) is 0 Å². The number of hydrogen-bond acceptors (Lipinski definition) is 6. The molecule has 0 aliphatic rings. The number of primary sulfonamides is 1. The number of pyridine rings is 2. The fourth-order valence-electron chi connectivity index (χ4n) is 4.92. The van der Waals surface area contributed by atoms with Crippen LogP contribution in [0.4, 0.5) is 0 Å². The van der Waals surface area contributed by atoms with Crippen molar-refractivity contribution in [3.63, 3.8) is 0 Å². The second-order valence-corrected chi connectivity index (χ2v) is 10.6. The zero-order valence-electron chi connectivity index (χ0n) is 20.1. The van der Waals surface area contributed by atoms with Crippen LogP contribution in [0.3, 0.4) is 0 Å². The lowest BCUT2D eigenvalue weighted by Crippen LogP contribution is -2.12. The molecule has 0 aliphatic carbocycles. The first-order chi connectivity index (χ1) is 17.5. The minimum atomic E-state index is -3.81. The van der Waals surface area contributed by atoms with Crippen molar-refractivity contribution in [1.29, 1.82) is 0 Å². The summed E-state index contributed by atoms with van der Waals surface area (Å²) in [5, 5.41) is 7.98. The Labute approximate surface area is 210 Å². The molecule has 0 atom stereocenters. The van der Waals surface area contributed by atoms with Crippen LogP contribution in [0, 0.1) is 0 Å².